The van der Waals surface area contributed by atoms with Crippen LogP contribution in [0.5, 0.6) is 11.5 Å². The zero-order valence-corrected chi connectivity index (χ0v) is 12.0. The van der Waals surface area contributed by atoms with Gasteiger partial charge in [-0.05, 0) is 37.6 Å². The van der Waals surface area contributed by atoms with Crippen LogP contribution in [0.15, 0.2) is 48.5 Å². The average molecular weight is 271 g/mol. The molecule has 3 nitrogen and oxygen atoms in total. The van der Waals surface area contributed by atoms with Crippen LogP contribution in [-0.2, 0) is 0 Å². The first kappa shape index (κ1) is 14.4. The van der Waals surface area contributed by atoms with Crippen molar-refractivity contribution in [1.29, 1.82) is 0 Å². The van der Waals surface area contributed by atoms with Crippen molar-refractivity contribution in [3.63, 3.8) is 0 Å². The Hall–Kier alpha value is -2.00. The third kappa shape index (κ3) is 4.00. The van der Waals surface area contributed by atoms with E-state index in [2.05, 4.69) is 0 Å². The van der Waals surface area contributed by atoms with Crippen LogP contribution in [0.25, 0.3) is 0 Å². The van der Waals surface area contributed by atoms with Gasteiger partial charge in [-0.3, -0.25) is 0 Å². The second kappa shape index (κ2) is 6.96. The fourth-order valence-corrected chi connectivity index (χ4v) is 1.97. The summed E-state index contributed by atoms with van der Waals surface area (Å²) in [6.07, 6.45) is 0. The van der Waals surface area contributed by atoms with Gasteiger partial charge in [-0.15, -0.1) is 0 Å². The fraction of sp³-hybridized carbons (Fsp3) is 0.294. The number of hydrogen-bond acceptors (Lipinski definition) is 3. The zero-order chi connectivity index (χ0) is 14.4. The van der Waals surface area contributed by atoms with E-state index < -0.39 is 0 Å². The van der Waals surface area contributed by atoms with Gasteiger partial charge in [0.25, 0.3) is 0 Å². The highest BCUT2D eigenvalue weighted by Gasteiger charge is 2.08. The number of ether oxygens (including phenoxy) is 2. The standard InChI is InChI=1S/C17H21NO2/c1-13-8-9-16(14(2)18)17(12-13)20-11-10-19-15-6-4-3-5-7-15/h3-9,12,14H,10-11,18H2,1-2H3. The van der Waals surface area contributed by atoms with Crippen LogP contribution in [0, 0.1) is 6.92 Å². The number of hydrogen-bond donors (Lipinski definition) is 1. The van der Waals surface area contributed by atoms with Gasteiger partial charge in [-0.25, -0.2) is 0 Å². The van der Waals surface area contributed by atoms with Gasteiger partial charge in [-0.1, -0.05) is 30.3 Å². The number of rotatable bonds is 6. The molecule has 0 aliphatic heterocycles. The first-order chi connectivity index (χ1) is 9.66. The molecule has 3 heteroatoms. The van der Waals surface area contributed by atoms with Crippen molar-refractivity contribution < 1.29 is 9.47 Å². The molecule has 106 valence electrons. The maximum absolute atomic E-state index is 5.95. The van der Waals surface area contributed by atoms with Gasteiger partial charge in [0.15, 0.2) is 0 Å². The highest BCUT2D eigenvalue weighted by Crippen LogP contribution is 2.25. The van der Waals surface area contributed by atoms with Crippen LogP contribution >= 0.6 is 0 Å². The molecular formula is C17H21NO2. The molecule has 0 bridgehead atoms. The minimum Gasteiger partial charge on any atom is -0.490 e. The normalized spacial score (nSPS) is 11.9. The molecule has 0 saturated heterocycles. The molecule has 1 unspecified atom stereocenters. The Morgan fingerprint density at radius 2 is 1.70 bits per heavy atom. The van der Waals surface area contributed by atoms with E-state index in [0.717, 1.165) is 22.6 Å². The summed E-state index contributed by atoms with van der Waals surface area (Å²) >= 11 is 0. The highest BCUT2D eigenvalue weighted by molar-refractivity contribution is 5.38. The van der Waals surface area contributed by atoms with Crippen molar-refractivity contribution in [2.45, 2.75) is 19.9 Å². The molecular weight excluding hydrogens is 250 g/mol. The first-order valence-electron chi connectivity index (χ1n) is 6.83. The molecule has 0 saturated carbocycles. The molecule has 0 aliphatic carbocycles. The van der Waals surface area contributed by atoms with E-state index >= 15 is 0 Å². The average Bonchev–Trinajstić information content (AvgIpc) is 2.44. The molecule has 0 aliphatic rings. The zero-order valence-electron chi connectivity index (χ0n) is 12.0. The van der Waals surface area contributed by atoms with Gasteiger partial charge in [0, 0.05) is 11.6 Å². The summed E-state index contributed by atoms with van der Waals surface area (Å²) in [5.41, 5.74) is 8.13. The lowest BCUT2D eigenvalue weighted by atomic mass is 10.1. The molecule has 0 spiro atoms. The van der Waals surface area contributed by atoms with Gasteiger partial charge >= 0.3 is 0 Å². The first-order valence-corrected chi connectivity index (χ1v) is 6.83. The summed E-state index contributed by atoms with van der Waals surface area (Å²) in [5, 5.41) is 0. The number of aryl methyl sites for hydroxylation is 1. The lowest BCUT2D eigenvalue weighted by Crippen LogP contribution is -2.12. The molecule has 2 aromatic carbocycles. The molecule has 0 heterocycles. The number of benzene rings is 2. The molecule has 2 N–H and O–H groups in total. The summed E-state index contributed by atoms with van der Waals surface area (Å²) in [7, 11) is 0. The van der Waals surface area contributed by atoms with E-state index in [-0.39, 0.29) is 6.04 Å². The second-order valence-corrected chi connectivity index (χ2v) is 4.84. The molecule has 20 heavy (non-hydrogen) atoms. The Balaban J connectivity index is 1.89. The van der Waals surface area contributed by atoms with E-state index in [1.807, 2.05) is 62.4 Å². The summed E-state index contributed by atoms with van der Waals surface area (Å²) in [5.74, 6) is 1.70. The van der Waals surface area contributed by atoms with Gasteiger partial charge in [-0.2, -0.15) is 0 Å². The number of nitrogens with two attached hydrogens (primary N) is 1. The van der Waals surface area contributed by atoms with Crippen molar-refractivity contribution >= 4 is 0 Å². The topological polar surface area (TPSA) is 44.5 Å². The third-order valence-corrected chi connectivity index (χ3v) is 3.01. The summed E-state index contributed by atoms with van der Waals surface area (Å²) < 4.78 is 11.4. The second-order valence-electron chi connectivity index (χ2n) is 4.84. The number of para-hydroxylation sites is 1. The van der Waals surface area contributed by atoms with Crippen molar-refractivity contribution in [2.24, 2.45) is 5.73 Å². The Labute approximate surface area is 120 Å². The van der Waals surface area contributed by atoms with E-state index in [1.54, 1.807) is 0 Å². The van der Waals surface area contributed by atoms with Crippen LogP contribution < -0.4 is 15.2 Å². The lowest BCUT2D eigenvalue weighted by Gasteiger charge is -2.15. The van der Waals surface area contributed by atoms with Crippen LogP contribution in [0.2, 0.25) is 0 Å². The minimum absolute atomic E-state index is 0.0411. The predicted octanol–water partition coefficient (Wildman–Crippen LogP) is 3.47. The summed E-state index contributed by atoms with van der Waals surface area (Å²) in [6.45, 7) is 5.00. The van der Waals surface area contributed by atoms with Gasteiger partial charge in [0.05, 0.1) is 0 Å². The monoisotopic (exact) mass is 271 g/mol. The largest absolute Gasteiger partial charge is 0.490 e. The quantitative estimate of drug-likeness (QED) is 0.818. The Morgan fingerprint density at radius 1 is 1.00 bits per heavy atom. The third-order valence-electron chi connectivity index (χ3n) is 3.01. The van der Waals surface area contributed by atoms with Crippen LogP contribution in [0.3, 0.4) is 0 Å². The molecule has 0 amide bonds. The van der Waals surface area contributed by atoms with Crippen LogP contribution in [0.1, 0.15) is 24.1 Å². The van der Waals surface area contributed by atoms with Gasteiger partial charge in [0.2, 0.25) is 0 Å². The Kier molecular flexibility index (Phi) is 5.02. The summed E-state index contributed by atoms with van der Waals surface area (Å²) in [6, 6.07) is 15.8. The van der Waals surface area contributed by atoms with Gasteiger partial charge in [0.1, 0.15) is 24.7 Å². The molecule has 1 atom stereocenters. The Morgan fingerprint density at radius 3 is 2.40 bits per heavy atom. The van der Waals surface area contributed by atoms with Crippen LogP contribution in [0.4, 0.5) is 0 Å². The van der Waals surface area contributed by atoms with E-state index in [0.29, 0.717) is 13.2 Å². The minimum atomic E-state index is -0.0411. The Bertz CT molecular complexity index is 538. The smallest absolute Gasteiger partial charge is 0.124 e. The van der Waals surface area contributed by atoms with E-state index in [9.17, 15) is 0 Å². The molecule has 0 fully saturated rings. The molecule has 2 rings (SSSR count). The fourth-order valence-electron chi connectivity index (χ4n) is 1.97. The maximum Gasteiger partial charge on any atom is 0.124 e. The van der Waals surface area contributed by atoms with Crippen molar-refractivity contribution in [1.82, 2.24) is 0 Å². The van der Waals surface area contributed by atoms with Crippen molar-refractivity contribution in [2.75, 3.05) is 13.2 Å². The predicted molar refractivity (Wildman–Crippen MR) is 81.2 cm³/mol. The molecule has 2 aromatic rings. The molecule has 0 radical (unpaired) electrons. The summed E-state index contributed by atoms with van der Waals surface area (Å²) in [4.78, 5) is 0. The maximum atomic E-state index is 5.95. The molecule has 0 aromatic heterocycles. The van der Waals surface area contributed by atoms with Crippen LogP contribution in [-0.4, -0.2) is 13.2 Å². The lowest BCUT2D eigenvalue weighted by molar-refractivity contribution is 0.215. The van der Waals surface area contributed by atoms with Crippen molar-refractivity contribution in [3.8, 4) is 11.5 Å². The van der Waals surface area contributed by atoms with E-state index in [1.165, 1.54) is 0 Å². The highest BCUT2D eigenvalue weighted by atomic mass is 16.5. The van der Waals surface area contributed by atoms with Gasteiger partial charge < -0.3 is 15.2 Å². The SMILES string of the molecule is Cc1ccc(C(C)N)c(OCCOc2ccccc2)c1. The van der Waals surface area contributed by atoms with E-state index in [4.69, 9.17) is 15.2 Å². The van der Waals surface area contributed by atoms with Crippen molar-refractivity contribution in [3.05, 3.63) is 59.7 Å².